The van der Waals surface area contributed by atoms with Gasteiger partial charge in [0.2, 0.25) is 6.71 Å². The van der Waals surface area contributed by atoms with Gasteiger partial charge in [0.05, 0.1) is 0 Å². The van der Waals surface area contributed by atoms with E-state index in [0.29, 0.717) is 24.4 Å². The van der Waals surface area contributed by atoms with Crippen LogP contribution in [0.3, 0.4) is 0 Å². The average molecular weight is 350 g/mol. The van der Waals surface area contributed by atoms with Gasteiger partial charge in [0.25, 0.3) is 0 Å². The first kappa shape index (κ1) is 18.5. The Bertz CT molecular complexity index is 787. The molecule has 0 amide bonds. The van der Waals surface area contributed by atoms with Gasteiger partial charge in [-0.15, -0.1) is 0 Å². The van der Waals surface area contributed by atoms with E-state index >= 15 is 0 Å². The Morgan fingerprint density at radius 3 is 2.28 bits per heavy atom. The van der Waals surface area contributed by atoms with Crippen LogP contribution in [0.5, 0.6) is 0 Å². The smallest absolute Gasteiger partial charge is 0.155 e. The van der Waals surface area contributed by atoms with Gasteiger partial charge in [0, 0.05) is 4.88 Å². The molecule has 0 aliphatic heterocycles. The molecule has 0 aromatic carbocycles. The van der Waals surface area contributed by atoms with Gasteiger partial charge in [-0.05, 0) is 69.5 Å². The molecule has 0 nitrogen and oxygen atoms in total. The van der Waals surface area contributed by atoms with Gasteiger partial charge in [-0.1, -0.05) is 65.9 Å². The van der Waals surface area contributed by atoms with E-state index < -0.39 is 0 Å². The van der Waals surface area contributed by atoms with Crippen molar-refractivity contribution in [3.63, 3.8) is 0 Å². The molecule has 1 heterocycles. The van der Waals surface area contributed by atoms with Crippen LogP contribution in [0.4, 0.5) is 0 Å². The average Bonchev–Trinajstić information content (AvgIpc) is 2.89. The number of thiophene rings is 1. The Morgan fingerprint density at radius 1 is 1.00 bits per heavy atom. The van der Waals surface area contributed by atoms with Gasteiger partial charge in [-0.3, -0.25) is 0 Å². The molecule has 132 valence electrons. The molecule has 1 aromatic heterocycles. The van der Waals surface area contributed by atoms with Crippen molar-refractivity contribution in [3.05, 3.63) is 63.0 Å². The second-order valence-electron chi connectivity index (χ2n) is 8.34. The van der Waals surface area contributed by atoms with E-state index in [2.05, 4.69) is 78.8 Å². The number of rotatable bonds is 3. The number of hydrogen-bond donors (Lipinski definition) is 0. The molecule has 0 spiro atoms. The molecule has 25 heavy (non-hydrogen) atoms. The molecule has 2 aliphatic carbocycles. The Balaban J connectivity index is 2.14. The van der Waals surface area contributed by atoms with Crippen LogP contribution in [0, 0.1) is 18.8 Å². The highest BCUT2D eigenvalue weighted by Gasteiger charge is 2.39. The summed E-state index contributed by atoms with van der Waals surface area (Å²) in [4.78, 5) is 1.42. The zero-order chi connectivity index (χ0) is 18.3. The molecular formula is C23H31BS. The van der Waals surface area contributed by atoms with E-state index in [1.807, 2.05) is 11.3 Å². The van der Waals surface area contributed by atoms with Crippen LogP contribution in [-0.4, -0.2) is 6.71 Å². The first-order valence-corrected chi connectivity index (χ1v) is 10.4. The lowest BCUT2D eigenvalue weighted by molar-refractivity contribution is 0.679. The fraction of sp³-hybridized carbons (Fsp3) is 0.478. The third-order valence-corrected chi connectivity index (χ3v) is 6.94. The number of aryl methyl sites for hydroxylation is 1. The quantitative estimate of drug-likeness (QED) is 0.545. The maximum absolute atomic E-state index is 2.49. The van der Waals surface area contributed by atoms with Crippen molar-refractivity contribution < 1.29 is 0 Å². The maximum Gasteiger partial charge on any atom is 0.230 e. The highest BCUT2D eigenvalue weighted by molar-refractivity contribution is 7.24. The SMILES string of the molecule is CC1=CC(C)C(B(C2=C(C)CC(C)C=C2C)c2ccc(C)s2)C(C)=C1. The highest BCUT2D eigenvalue weighted by atomic mass is 32.1. The van der Waals surface area contributed by atoms with Crippen molar-refractivity contribution in [2.24, 2.45) is 11.8 Å². The zero-order valence-corrected chi connectivity index (χ0v) is 17.6. The lowest BCUT2D eigenvalue weighted by atomic mass is 9.30. The van der Waals surface area contributed by atoms with Gasteiger partial charge in [0.1, 0.15) is 0 Å². The minimum absolute atomic E-state index is 0.484. The van der Waals surface area contributed by atoms with Crippen molar-refractivity contribution in [3.8, 4) is 0 Å². The molecule has 0 saturated carbocycles. The van der Waals surface area contributed by atoms with Gasteiger partial charge in [-0.2, -0.15) is 11.3 Å². The Morgan fingerprint density at radius 2 is 1.72 bits per heavy atom. The standard InChI is InChI=1S/C23H31BS/c1-14-10-16(3)22(17(4)11-14)24(21-9-8-20(7)25-21)23-18(5)12-15(2)13-19(23)6/h8-12,15-16,22H,13H2,1-7H3. The Kier molecular flexibility index (Phi) is 5.30. The van der Waals surface area contributed by atoms with E-state index in [0.717, 1.165) is 0 Å². The molecule has 2 aliphatic rings. The molecule has 2 heteroatoms. The molecule has 0 radical (unpaired) electrons. The molecule has 3 unspecified atom stereocenters. The lowest BCUT2D eigenvalue weighted by Gasteiger charge is -2.36. The van der Waals surface area contributed by atoms with Crippen LogP contribution < -0.4 is 4.78 Å². The monoisotopic (exact) mass is 350 g/mol. The van der Waals surface area contributed by atoms with Crippen LogP contribution >= 0.6 is 11.3 Å². The van der Waals surface area contributed by atoms with Crippen LogP contribution in [-0.2, 0) is 0 Å². The van der Waals surface area contributed by atoms with E-state index in [1.54, 1.807) is 11.0 Å². The van der Waals surface area contributed by atoms with Crippen LogP contribution in [0.1, 0.15) is 52.8 Å². The predicted octanol–water partition coefficient (Wildman–Crippen LogP) is 6.51. The molecular weight excluding hydrogens is 319 g/mol. The van der Waals surface area contributed by atoms with E-state index in [9.17, 15) is 0 Å². The third-order valence-electron chi connectivity index (χ3n) is 5.86. The van der Waals surface area contributed by atoms with E-state index in [-0.39, 0.29) is 0 Å². The highest BCUT2D eigenvalue weighted by Crippen LogP contribution is 2.42. The normalized spacial score (nSPS) is 27.0. The summed E-state index contributed by atoms with van der Waals surface area (Å²) >= 11 is 1.98. The Hall–Kier alpha value is -1.28. The van der Waals surface area contributed by atoms with Gasteiger partial charge in [-0.25, -0.2) is 0 Å². The van der Waals surface area contributed by atoms with Crippen LogP contribution in [0.15, 0.2) is 58.1 Å². The molecule has 0 N–H and O–H groups in total. The fourth-order valence-corrected chi connectivity index (χ4v) is 6.17. The molecule has 0 saturated heterocycles. The molecule has 3 rings (SSSR count). The topological polar surface area (TPSA) is 0 Å². The number of allylic oxidation sites excluding steroid dienone is 8. The van der Waals surface area contributed by atoms with Crippen molar-refractivity contribution >= 4 is 22.8 Å². The van der Waals surface area contributed by atoms with Crippen LogP contribution in [0.2, 0.25) is 5.82 Å². The lowest BCUT2D eigenvalue weighted by Crippen LogP contribution is -2.41. The summed E-state index contributed by atoms with van der Waals surface area (Å²) in [5.41, 5.74) is 7.65. The van der Waals surface area contributed by atoms with Gasteiger partial charge in [0.15, 0.2) is 0 Å². The van der Waals surface area contributed by atoms with Crippen LogP contribution in [0.25, 0.3) is 0 Å². The van der Waals surface area contributed by atoms with Crippen molar-refractivity contribution in [2.75, 3.05) is 0 Å². The second kappa shape index (κ2) is 7.15. The van der Waals surface area contributed by atoms with Crippen molar-refractivity contribution in [1.29, 1.82) is 0 Å². The largest absolute Gasteiger partial charge is 0.230 e. The van der Waals surface area contributed by atoms with E-state index in [4.69, 9.17) is 0 Å². The summed E-state index contributed by atoms with van der Waals surface area (Å²) in [6.07, 6.45) is 8.56. The minimum atomic E-state index is 0.484. The minimum Gasteiger partial charge on any atom is -0.155 e. The summed E-state index contributed by atoms with van der Waals surface area (Å²) in [7, 11) is 0. The first-order valence-electron chi connectivity index (χ1n) is 9.59. The molecule has 3 atom stereocenters. The summed E-state index contributed by atoms with van der Waals surface area (Å²) in [6.45, 7) is 16.7. The molecule has 1 aromatic rings. The van der Waals surface area contributed by atoms with Crippen molar-refractivity contribution in [1.82, 2.24) is 0 Å². The zero-order valence-electron chi connectivity index (χ0n) is 16.8. The molecule has 0 fully saturated rings. The Labute approximate surface area is 158 Å². The summed E-state index contributed by atoms with van der Waals surface area (Å²) in [6, 6.07) is 4.67. The van der Waals surface area contributed by atoms with Crippen molar-refractivity contribution in [2.45, 2.75) is 60.7 Å². The summed E-state index contributed by atoms with van der Waals surface area (Å²) in [5, 5.41) is 0. The molecule has 0 bridgehead atoms. The third kappa shape index (κ3) is 3.65. The number of hydrogen-bond acceptors (Lipinski definition) is 1. The first-order chi connectivity index (χ1) is 11.8. The maximum atomic E-state index is 2.49. The second-order valence-corrected chi connectivity index (χ2v) is 9.65. The predicted molar refractivity (Wildman–Crippen MR) is 115 cm³/mol. The summed E-state index contributed by atoms with van der Waals surface area (Å²) in [5.74, 6) is 1.80. The van der Waals surface area contributed by atoms with E-state index in [1.165, 1.54) is 32.8 Å². The van der Waals surface area contributed by atoms with Gasteiger partial charge >= 0.3 is 0 Å². The summed E-state index contributed by atoms with van der Waals surface area (Å²) < 4.78 is 1.53. The van der Waals surface area contributed by atoms with Gasteiger partial charge < -0.3 is 0 Å². The fourth-order valence-electron chi connectivity index (χ4n) is 5.14.